The molecule has 0 bridgehead atoms. The van der Waals surface area contributed by atoms with E-state index in [4.69, 9.17) is 0 Å². The largest absolute Gasteiger partial charge is 0.343 e. The second kappa shape index (κ2) is 5.42. The van der Waals surface area contributed by atoms with Crippen LogP contribution in [-0.4, -0.2) is 59.4 Å². The van der Waals surface area contributed by atoms with Crippen LogP contribution in [0.1, 0.15) is 12.7 Å². The molecule has 1 N–H and O–H groups in total. The van der Waals surface area contributed by atoms with Crippen LogP contribution >= 0.6 is 11.5 Å². The van der Waals surface area contributed by atoms with Gasteiger partial charge in [-0.2, -0.15) is 4.37 Å². The first-order valence-electron chi connectivity index (χ1n) is 6.85. The molecule has 2 aliphatic rings. The standard InChI is InChI=1S/C12H19N5OS/c1-2-10-14-12(19-15-10)17-5-3-16(4-6-17)11(18)9-7-13-8-9/h9,13H,2-8H2,1H3. The summed E-state index contributed by atoms with van der Waals surface area (Å²) in [4.78, 5) is 20.8. The zero-order chi connectivity index (χ0) is 13.2. The van der Waals surface area contributed by atoms with E-state index in [0.29, 0.717) is 5.91 Å². The summed E-state index contributed by atoms with van der Waals surface area (Å²) in [6.07, 6.45) is 0.879. The summed E-state index contributed by atoms with van der Waals surface area (Å²) in [5.41, 5.74) is 0. The van der Waals surface area contributed by atoms with E-state index >= 15 is 0 Å². The summed E-state index contributed by atoms with van der Waals surface area (Å²) < 4.78 is 4.31. The van der Waals surface area contributed by atoms with Crippen molar-refractivity contribution in [3.05, 3.63) is 5.82 Å². The molecule has 0 spiro atoms. The molecule has 104 valence electrons. The Balaban J connectivity index is 1.55. The lowest BCUT2D eigenvalue weighted by Crippen LogP contribution is -2.56. The zero-order valence-electron chi connectivity index (χ0n) is 11.1. The van der Waals surface area contributed by atoms with Crippen LogP contribution in [0, 0.1) is 5.92 Å². The van der Waals surface area contributed by atoms with E-state index in [-0.39, 0.29) is 5.92 Å². The highest BCUT2D eigenvalue weighted by molar-refractivity contribution is 7.09. The number of hydrogen-bond acceptors (Lipinski definition) is 6. The Hall–Kier alpha value is -1.21. The Morgan fingerprint density at radius 3 is 2.63 bits per heavy atom. The lowest BCUT2D eigenvalue weighted by molar-refractivity contribution is -0.137. The highest BCUT2D eigenvalue weighted by atomic mass is 32.1. The van der Waals surface area contributed by atoms with Gasteiger partial charge in [0, 0.05) is 57.2 Å². The summed E-state index contributed by atoms with van der Waals surface area (Å²) in [6.45, 7) is 7.08. The smallest absolute Gasteiger partial charge is 0.228 e. The summed E-state index contributed by atoms with van der Waals surface area (Å²) in [5.74, 6) is 1.43. The molecule has 3 rings (SSSR count). The fourth-order valence-corrected chi connectivity index (χ4v) is 3.16. The van der Waals surface area contributed by atoms with Crippen LogP contribution < -0.4 is 10.2 Å². The molecule has 1 amide bonds. The van der Waals surface area contributed by atoms with Gasteiger partial charge in [-0.1, -0.05) is 6.92 Å². The first kappa shape index (κ1) is 12.8. The molecule has 19 heavy (non-hydrogen) atoms. The molecular formula is C12H19N5OS. The maximum absolute atomic E-state index is 12.1. The van der Waals surface area contributed by atoms with Gasteiger partial charge in [0.25, 0.3) is 0 Å². The van der Waals surface area contributed by atoms with Gasteiger partial charge in [-0.3, -0.25) is 4.79 Å². The minimum atomic E-state index is 0.208. The van der Waals surface area contributed by atoms with Gasteiger partial charge in [-0.15, -0.1) is 0 Å². The van der Waals surface area contributed by atoms with Crippen molar-refractivity contribution in [1.29, 1.82) is 0 Å². The summed E-state index contributed by atoms with van der Waals surface area (Å²) >= 11 is 1.46. The molecule has 6 nitrogen and oxygen atoms in total. The molecule has 0 unspecified atom stereocenters. The Labute approximate surface area is 117 Å². The molecule has 1 aromatic rings. The second-order valence-corrected chi connectivity index (χ2v) is 5.74. The van der Waals surface area contributed by atoms with Crippen LogP contribution in [0.2, 0.25) is 0 Å². The maximum atomic E-state index is 12.1. The first-order valence-corrected chi connectivity index (χ1v) is 7.62. The number of piperazine rings is 1. The number of nitrogens with one attached hydrogen (secondary N) is 1. The average Bonchev–Trinajstić information content (AvgIpc) is 2.85. The molecule has 3 heterocycles. The highest BCUT2D eigenvalue weighted by Crippen LogP contribution is 2.20. The molecule has 0 saturated carbocycles. The molecule has 7 heteroatoms. The predicted molar refractivity (Wildman–Crippen MR) is 74.4 cm³/mol. The number of aryl methyl sites for hydroxylation is 1. The third-order valence-corrected chi connectivity index (χ3v) is 4.58. The van der Waals surface area contributed by atoms with Gasteiger partial charge in [-0.05, 0) is 0 Å². The fourth-order valence-electron chi connectivity index (χ4n) is 2.36. The van der Waals surface area contributed by atoms with Crippen molar-refractivity contribution in [1.82, 2.24) is 19.6 Å². The van der Waals surface area contributed by atoms with E-state index in [1.165, 1.54) is 11.5 Å². The van der Waals surface area contributed by atoms with Crippen molar-refractivity contribution in [2.45, 2.75) is 13.3 Å². The number of nitrogens with zero attached hydrogens (tertiary/aromatic N) is 4. The van der Waals surface area contributed by atoms with Crippen LogP contribution in [0.5, 0.6) is 0 Å². The van der Waals surface area contributed by atoms with E-state index < -0.39 is 0 Å². The van der Waals surface area contributed by atoms with Crippen molar-refractivity contribution in [3.63, 3.8) is 0 Å². The van der Waals surface area contributed by atoms with Gasteiger partial charge in [0.15, 0.2) is 0 Å². The van der Waals surface area contributed by atoms with Gasteiger partial charge in [0.1, 0.15) is 5.82 Å². The minimum Gasteiger partial charge on any atom is -0.343 e. The van der Waals surface area contributed by atoms with Crippen LogP contribution in [0.25, 0.3) is 0 Å². The lowest BCUT2D eigenvalue weighted by Gasteiger charge is -2.38. The Bertz CT molecular complexity index is 451. The Morgan fingerprint density at radius 1 is 1.37 bits per heavy atom. The number of carbonyl (C=O) groups excluding carboxylic acids is 1. The van der Waals surface area contributed by atoms with Gasteiger partial charge < -0.3 is 15.1 Å². The summed E-state index contributed by atoms with van der Waals surface area (Å²) in [6, 6.07) is 0. The lowest BCUT2D eigenvalue weighted by atomic mass is 10.0. The SMILES string of the molecule is CCc1nsc(N2CCN(C(=O)C3CNC3)CC2)n1. The van der Waals surface area contributed by atoms with Crippen molar-refractivity contribution in [3.8, 4) is 0 Å². The highest BCUT2D eigenvalue weighted by Gasteiger charge is 2.31. The van der Waals surface area contributed by atoms with Crippen molar-refractivity contribution in [2.75, 3.05) is 44.2 Å². The van der Waals surface area contributed by atoms with Crippen molar-refractivity contribution >= 4 is 22.6 Å². The van der Waals surface area contributed by atoms with E-state index in [1.54, 1.807) is 0 Å². The van der Waals surface area contributed by atoms with E-state index in [0.717, 1.165) is 56.6 Å². The summed E-state index contributed by atoms with van der Waals surface area (Å²) in [5, 5.41) is 4.15. The third-order valence-electron chi connectivity index (χ3n) is 3.77. The van der Waals surface area contributed by atoms with E-state index in [1.807, 2.05) is 4.90 Å². The van der Waals surface area contributed by atoms with Gasteiger partial charge in [0.05, 0.1) is 5.92 Å². The van der Waals surface area contributed by atoms with Crippen LogP contribution in [0.4, 0.5) is 5.13 Å². The number of aromatic nitrogens is 2. The van der Waals surface area contributed by atoms with Crippen molar-refractivity contribution < 1.29 is 4.79 Å². The second-order valence-electron chi connectivity index (χ2n) is 5.01. The van der Waals surface area contributed by atoms with Gasteiger partial charge in [0.2, 0.25) is 11.0 Å². The quantitative estimate of drug-likeness (QED) is 0.843. The van der Waals surface area contributed by atoms with E-state index in [2.05, 4.69) is 26.5 Å². The maximum Gasteiger partial charge on any atom is 0.228 e. The van der Waals surface area contributed by atoms with Gasteiger partial charge in [-0.25, -0.2) is 4.98 Å². The van der Waals surface area contributed by atoms with Crippen molar-refractivity contribution in [2.24, 2.45) is 5.92 Å². The number of anilines is 1. The Morgan fingerprint density at radius 2 is 2.11 bits per heavy atom. The first-order chi connectivity index (χ1) is 9.28. The monoisotopic (exact) mass is 281 g/mol. The van der Waals surface area contributed by atoms with Crippen LogP contribution in [0.3, 0.4) is 0 Å². The molecule has 2 saturated heterocycles. The Kier molecular flexibility index (Phi) is 3.65. The fraction of sp³-hybridized carbons (Fsp3) is 0.750. The predicted octanol–water partition coefficient (Wildman–Crippen LogP) is -0.0315. The van der Waals surface area contributed by atoms with Crippen LogP contribution in [-0.2, 0) is 11.2 Å². The normalized spacial score (nSPS) is 20.5. The third kappa shape index (κ3) is 2.57. The average molecular weight is 281 g/mol. The summed E-state index contributed by atoms with van der Waals surface area (Å²) in [7, 11) is 0. The van der Waals surface area contributed by atoms with Crippen LogP contribution in [0.15, 0.2) is 0 Å². The molecular weight excluding hydrogens is 262 g/mol. The molecule has 2 fully saturated rings. The molecule has 1 aromatic heterocycles. The number of hydrogen-bond donors (Lipinski definition) is 1. The molecule has 0 atom stereocenters. The molecule has 0 aromatic carbocycles. The molecule has 2 aliphatic heterocycles. The zero-order valence-corrected chi connectivity index (χ0v) is 11.9. The molecule has 0 radical (unpaired) electrons. The van der Waals surface area contributed by atoms with E-state index in [9.17, 15) is 4.79 Å². The minimum absolute atomic E-state index is 0.208. The molecule has 0 aliphatic carbocycles. The van der Waals surface area contributed by atoms with Gasteiger partial charge >= 0.3 is 0 Å². The number of amides is 1. The number of rotatable bonds is 3. The number of carbonyl (C=O) groups is 1. The topological polar surface area (TPSA) is 61.4 Å².